The van der Waals surface area contributed by atoms with Crippen molar-refractivity contribution in [2.24, 2.45) is 0 Å². The summed E-state index contributed by atoms with van der Waals surface area (Å²) < 4.78 is 77.8. The van der Waals surface area contributed by atoms with E-state index in [-0.39, 0.29) is 11.3 Å². The molecule has 8 heteroatoms. The lowest BCUT2D eigenvalue weighted by molar-refractivity contribution is -0.141. The van der Waals surface area contributed by atoms with E-state index in [2.05, 4.69) is 0 Å². The van der Waals surface area contributed by atoms with Crippen LogP contribution in [0.25, 0.3) is 11.1 Å². The third kappa shape index (κ3) is 2.95. The van der Waals surface area contributed by atoms with Gasteiger partial charge in [0, 0.05) is 5.69 Å². The zero-order chi connectivity index (χ0) is 16.7. The number of rotatable bonds is 1. The lowest BCUT2D eigenvalue weighted by atomic mass is 9.94. The van der Waals surface area contributed by atoms with E-state index >= 15 is 0 Å². The Labute approximate surface area is 121 Å². The van der Waals surface area contributed by atoms with Gasteiger partial charge < -0.3 is 11.5 Å². The molecular formula is C14H10F6N2. The van der Waals surface area contributed by atoms with Crippen molar-refractivity contribution in [3.05, 3.63) is 47.5 Å². The van der Waals surface area contributed by atoms with Crippen LogP contribution in [-0.4, -0.2) is 0 Å². The number of halogens is 6. The first-order valence-corrected chi connectivity index (χ1v) is 5.94. The molecule has 0 saturated heterocycles. The Morgan fingerprint density at radius 3 is 1.91 bits per heavy atom. The molecular weight excluding hydrogens is 310 g/mol. The molecule has 2 rings (SSSR count). The number of alkyl halides is 6. The van der Waals surface area contributed by atoms with Gasteiger partial charge in [0.05, 0.1) is 16.8 Å². The quantitative estimate of drug-likeness (QED) is 0.598. The highest BCUT2D eigenvalue weighted by Gasteiger charge is 2.42. The van der Waals surface area contributed by atoms with E-state index in [9.17, 15) is 26.3 Å². The minimum Gasteiger partial charge on any atom is -0.399 e. The summed E-state index contributed by atoms with van der Waals surface area (Å²) in [5, 5.41) is 0. The molecule has 2 nitrogen and oxygen atoms in total. The molecule has 0 aliphatic rings. The summed E-state index contributed by atoms with van der Waals surface area (Å²) in [5.74, 6) is 0. The van der Waals surface area contributed by atoms with Crippen molar-refractivity contribution < 1.29 is 26.3 Å². The van der Waals surface area contributed by atoms with Crippen molar-refractivity contribution in [2.45, 2.75) is 12.4 Å². The summed E-state index contributed by atoms with van der Waals surface area (Å²) in [6.07, 6.45) is -10.0. The third-order valence-corrected chi connectivity index (χ3v) is 3.03. The molecule has 0 unspecified atom stereocenters. The predicted octanol–water partition coefficient (Wildman–Crippen LogP) is 4.56. The summed E-state index contributed by atoms with van der Waals surface area (Å²) in [7, 11) is 0. The first-order chi connectivity index (χ1) is 10.0. The van der Waals surface area contributed by atoms with E-state index in [1.54, 1.807) is 0 Å². The van der Waals surface area contributed by atoms with Crippen molar-refractivity contribution in [1.82, 2.24) is 0 Å². The number of benzene rings is 2. The molecule has 0 aromatic heterocycles. The molecule has 0 spiro atoms. The van der Waals surface area contributed by atoms with E-state index < -0.39 is 34.7 Å². The zero-order valence-corrected chi connectivity index (χ0v) is 10.9. The molecule has 22 heavy (non-hydrogen) atoms. The number of nitrogens with two attached hydrogens (primary N) is 2. The van der Waals surface area contributed by atoms with E-state index in [0.29, 0.717) is 6.07 Å². The molecule has 0 atom stereocenters. The molecule has 118 valence electrons. The van der Waals surface area contributed by atoms with Crippen LogP contribution in [0.15, 0.2) is 36.4 Å². The summed E-state index contributed by atoms with van der Waals surface area (Å²) in [4.78, 5) is 0. The van der Waals surface area contributed by atoms with Gasteiger partial charge in [-0.3, -0.25) is 0 Å². The Bertz CT molecular complexity index is 703. The van der Waals surface area contributed by atoms with E-state index in [1.807, 2.05) is 0 Å². The molecule has 0 radical (unpaired) electrons. The van der Waals surface area contributed by atoms with Crippen LogP contribution in [0.4, 0.5) is 37.7 Å². The zero-order valence-electron chi connectivity index (χ0n) is 10.9. The third-order valence-electron chi connectivity index (χ3n) is 3.03. The number of hydrogen-bond acceptors (Lipinski definition) is 2. The summed E-state index contributed by atoms with van der Waals surface area (Å²) in [6.45, 7) is 0. The van der Waals surface area contributed by atoms with Gasteiger partial charge in [-0.15, -0.1) is 0 Å². The van der Waals surface area contributed by atoms with Gasteiger partial charge in [0.2, 0.25) is 0 Å². The summed E-state index contributed by atoms with van der Waals surface area (Å²) in [5.41, 5.74) is 6.04. The average molecular weight is 320 g/mol. The Hall–Kier alpha value is -2.38. The van der Waals surface area contributed by atoms with Crippen molar-refractivity contribution >= 4 is 11.4 Å². The van der Waals surface area contributed by atoms with Gasteiger partial charge in [-0.2, -0.15) is 26.3 Å². The number of anilines is 2. The van der Waals surface area contributed by atoms with E-state index in [4.69, 9.17) is 11.5 Å². The molecule has 0 heterocycles. The smallest absolute Gasteiger partial charge is 0.399 e. The highest BCUT2D eigenvalue weighted by molar-refractivity contribution is 5.77. The van der Waals surface area contributed by atoms with Crippen LogP contribution in [0.5, 0.6) is 0 Å². The topological polar surface area (TPSA) is 52.0 Å². The second kappa shape index (κ2) is 5.11. The molecule has 0 fully saturated rings. The lowest BCUT2D eigenvalue weighted by Gasteiger charge is -2.19. The van der Waals surface area contributed by atoms with Gasteiger partial charge in [0.1, 0.15) is 0 Å². The van der Waals surface area contributed by atoms with Crippen LogP contribution in [0.3, 0.4) is 0 Å². The molecule has 2 aromatic carbocycles. The first kappa shape index (κ1) is 16.0. The second-order valence-electron chi connectivity index (χ2n) is 4.57. The molecule has 0 aliphatic heterocycles. The summed E-state index contributed by atoms with van der Waals surface area (Å²) in [6, 6.07) is 6.67. The average Bonchev–Trinajstić information content (AvgIpc) is 2.35. The van der Waals surface area contributed by atoms with Gasteiger partial charge in [-0.25, -0.2) is 0 Å². The molecule has 0 aliphatic carbocycles. The number of hydrogen-bond donors (Lipinski definition) is 2. The van der Waals surface area contributed by atoms with Crippen LogP contribution in [-0.2, 0) is 12.4 Å². The van der Waals surface area contributed by atoms with Crippen molar-refractivity contribution in [2.75, 3.05) is 11.5 Å². The number of nitrogen functional groups attached to an aromatic ring is 2. The fourth-order valence-electron chi connectivity index (χ4n) is 2.12. The van der Waals surface area contributed by atoms with Gasteiger partial charge in [-0.05, 0) is 29.3 Å². The van der Waals surface area contributed by atoms with Crippen LogP contribution >= 0.6 is 0 Å². The normalized spacial score (nSPS) is 12.5. The van der Waals surface area contributed by atoms with E-state index in [0.717, 1.165) is 6.07 Å². The SMILES string of the molecule is Nc1cccc(-c2ccc(C(F)(F)F)c(N)c2C(F)(F)F)c1. The fraction of sp³-hybridized carbons (Fsp3) is 0.143. The Kier molecular flexibility index (Phi) is 3.72. The Morgan fingerprint density at radius 1 is 0.773 bits per heavy atom. The summed E-state index contributed by atoms with van der Waals surface area (Å²) >= 11 is 0. The first-order valence-electron chi connectivity index (χ1n) is 5.94. The minimum atomic E-state index is -5.04. The largest absolute Gasteiger partial charge is 0.418 e. The lowest BCUT2D eigenvalue weighted by Crippen LogP contribution is -2.17. The second-order valence-corrected chi connectivity index (χ2v) is 4.57. The van der Waals surface area contributed by atoms with Crippen LogP contribution < -0.4 is 11.5 Å². The monoisotopic (exact) mass is 320 g/mol. The maximum atomic E-state index is 13.2. The van der Waals surface area contributed by atoms with Crippen LogP contribution in [0.2, 0.25) is 0 Å². The van der Waals surface area contributed by atoms with Gasteiger partial charge in [-0.1, -0.05) is 18.2 Å². The van der Waals surface area contributed by atoms with Gasteiger partial charge in [0.25, 0.3) is 0 Å². The Balaban J connectivity index is 2.79. The fourth-order valence-corrected chi connectivity index (χ4v) is 2.12. The Morgan fingerprint density at radius 2 is 1.41 bits per heavy atom. The molecule has 2 aromatic rings. The van der Waals surface area contributed by atoms with Crippen LogP contribution in [0, 0.1) is 0 Å². The highest BCUT2D eigenvalue weighted by Crippen LogP contribution is 2.45. The van der Waals surface area contributed by atoms with Crippen LogP contribution in [0.1, 0.15) is 11.1 Å². The van der Waals surface area contributed by atoms with E-state index in [1.165, 1.54) is 24.3 Å². The maximum Gasteiger partial charge on any atom is 0.418 e. The molecule has 4 N–H and O–H groups in total. The van der Waals surface area contributed by atoms with Crippen molar-refractivity contribution in [3.8, 4) is 11.1 Å². The van der Waals surface area contributed by atoms with Crippen molar-refractivity contribution in [1.29, 1.82) is 0 Å². The molecule has 0 amide bonds. The highest BCUT2D eigenvalue weighted by atomic mass is 19.4. The minimum absolute atomic E-state index is 0.0350. The molecule has 0 bridgehead atoms. The predicted molar refractivity (Wildman–Crippen MR) is 70.7 cm³/mol. The maximum absolute atomic E-state index is 13.2. The standard InChI is InChI=1S/C14H10F6N2/c15-13(16,17)10-5-4-9(7-2-1-3-8(21)6-7)11(12(10)22)14(18,19)20/h1-6H,21-22H2. The van der Waals surface area contributed by atoms with Gasteiger partial charge >= 0.3 is 12.4 Å². The molecule has 0 saturated carbocycles. The van der Waals surface area contributed by atoms with Crippen molar-refractivity contribution in [3.63, 3.8) is 0 Å². The van der Waals surface area contributed by atoms with Gasteiger partial charge in [0.15, 0.2) is 0 Å².